The summed E-state index contributed by atoms with van der Waals surface area (Å²) in [6.07, 6.45) is 3.52. The number of nitrogens with zero attached hydrogens (tertiary/aromatic N) is 1. The summed E-state index contributed by atoms with van der Waals surface area (Å²) in [5, 5.41) is 2.88. The van der Waals surface area contributed by atoms with Gasteiger partial charge in [0.2, 0.25) is 5.91 Å². The van der Waals surface area contributed by atoms with Crippen molar-refractivity contribution in [3.8, 4) is 0 Å². The summed E-state index contributed by atoms with van der Waals surface area (Å²) in [7, 11) is 1.99. The van der Waals surface area contributed by atoms with E-state index in [1.54, 1.807) is 0 Å². The minimum atomic E-state index is 0. The Morgan fingerprint density at radius 3 is 2.62 bits per heavy atom. The van der Waals surface area contributed by atoms with Gasteiger partial charge < -0.3 is 11.1 Å². The lowest BCUT2D eigenvalue weighted by Crippen LogP contribution is -2.45. The molecule has 0 bridgehead atoms. The van der Waals surface area contributed by atoms with Gasteiger partial charge in [-0.3, -0.25) is 9.69 Å². The van der Waals surface area contributed by atoms with Crippen molar-refractivity contribution >= 4 is 18.3 Å². The molecule has 1 aliphatic carbocycles. The van der Waals surface area contributed by atoms with Gasteiger partial charge in [-0.25, -0.2) is 0 Å². The van der Waals surface area contributed by atoms with Crippen LogP contribution in [0.25, 0.3) is 0 Å². The van der Waals surface area contributed by atoms with Crippen molar-refractivity contribution in [1.82, 2.24) is 10.2 Å². The smallest absolute Gasteiger partial charge is 0.234 e. The molecule has 1 saturated carbocycles. The number of hydrogen-bond acceptors (Lipinski definition) is 3. The van der Waals surface area contributed by atoms with Gasteiger partial charge in [-0.15, -0.1) is 12.4 Å². The van der Waals surface area contributed by atoms with Crippen LogP contribution in [0.4, 0.5) is 0 Å². The standard InChI is InChI=1S/C11H23N3O.ClH/c1-3-6-13-11(15)8-14(2)10(7-12)9-4-5-9;/h9-10H,3-8,12H2,1-2H3,(H,13,15);1H. The van der Waals surface area contributed by atoms with Gasteiger partial charge in [0, 0.05) is 19.1 Å². The summed E-state index contributed by atoms with van der Waals surface area (Å²) in [4.78, 5) is 13.6. The number of nitrogens with one attached hydrogen (secondary N) is 1. The topological polar surface area (TPSA) is 58.4 Å². The number of carbonyl (C=O) groups is 1. The van der Waals surface area contributed by atoms with Crippen LogP contribution in [0.3, 0.4) is 0 Å². The van der Waals surface area contributed by atoms with Gasteiger partial charge in [0.1, 0.15) is 0 Å². The maximum absolute atomic E-state index is 11.5. The molecular formula is C11H24ClN3O. The van der Waals surface area contributed by atoms with Crippen LogP contribution in [-0.4, -0.2) is 43.5 Å². The zero-order chi connectivity index (χ0) is 11.3. The van der Waals surface area contributed by atoms with Crippen molar-refractivity contribution in [2.45, 2.75) is 32.2 Å². The molecule has 0 saturated heterocycles. The monoisotopic (exact) mass is 249 g/mol. The summed E-state index contributed by atoms with van der Waals surface area (Å²) < 4.78 is 0. The Balaban J connectivity index is 0.00000225. The van der Waals surface area contributed by atoms with E-state index in [0.717, 1.165) is 18.9 Å². The van der Waals surface area contributed by atoms with Crippen LogP contribution in [0, 0.1) is 5.92 Å². The molecule has 0 heterocycles. The van der Waals surface area contributed by atoms with Crippen LogP contribution in [-0.2, 0) is 4.79 Å². The molecule has 1 amide bonds. The lowest BCUT2D eigenvalue weighted by Gasteiger charge is -2.26. The summed E-state index contributed by atoms with van der Waals surface area (Å²) >= 11 is 0. The van der Waals surface area contributed by atoms with E-state index in [1.165, 1.54) is 12.8 Å². The highest BCUT2D eigenvalue weighted by Gasteiger charge is 2.33. The molecule has 0 radical (unpaired) electrons. The first-order chi connectivity index (χ1) is 7.19. The minimum Gasteiger partial charge on any atom is -0.355 e. The summed E-state index contributed by atoms with van der Waals surface area (Å²) in [5.41, 5.74) is 5.72. The zero-order valence-electron chi connectivity index (χ0n) is 10.2. The Morgan fingerprint density at radius 2 is 2.19 bits per heavy atom. The third-order valence-corrected chi connectivity index (χ3v) is 2.94. The molecule has 1 atom stereocenters. The summed E-state index contributed by atoms with van der Waals surface area (Å²) in [6.45, 7) is 3.95. The fraction of sp³-hybridized carbons (Fsp3) is 0.909. The Morgan fingerprint density at radius 1 is 1.56 bits per heavy atom. The molecule has 96 valence electrons. The second-order valence-corrected chi connectivity index (χ2v) is 4.41. The van der Waals surface area contributed by atoms with Crippen LogP contribution in [0.2, 0.25) is 0 Å². The van der Waals surface area contributed by atoms with Crippen molar-refractivity contribution in [3.63, 3.8) is 0 Å². The first-order valence-corrected chi connectivity index (χ1v) is 5.86. The molecule has 0 aromatic rings. The van der Waals surface area contributed by atoms with Gasteiger partial charge in [-0.1, -0.05) is 6.92 Å². The Hall–Kier alpha value is -0.320. The predicted molar refractivity (Wildman–Crippen MR) is 68.7 cm³/mol. The zero-order valence-corrected chi connectivity index (χ0v) is 11.1. The lowest BCUT2D eigenvalue weighted by molar-refractivity contribution is -0.122. The molecule has 0 aromatic carbocycles. The Labute approximate surface area is 104 Å². The van der Waals surface area contributed by atoms with Gasteiger partial charge in [0.25, 0.3) is 0 Å². The van der Waals surface area contributed by atoms with E-state index in [4.69, 9.17) is 5.73 Å². The van der Waals surface area contributed by atoms with Gasteiger partial charge in [0.05, 0.1) is 6.54 Å². The molecule has 0 aromatic heterocycles. The number of carbonyl (C=O) groups excluding carboxylic acids is 1. The minimum absolute atomic E-state index is 0. The largest absolute Gasteiger partial charge is 0.355 e. The second-order valence-electron chi connectivity index (χ2n) is 4.41. The number of rotatable bonds is 7. The molecule has 1 aliphatic rings. The molecule has 0 aliphatic heterocycles. The SMILES string of the molecule is CCCNC(=O)CN(C)C(CN)C1CC1.Cl. The van der Waals surface area contributed by atoms with Gasteiger partial charge in [0.15, 0.2) is 0 Å². The lowest BCUT2D eigenvalue weighted by atomic mass is 10.1. The van der Waals surface area contributed by atoms with Gasteiger partial charge in [-0.2, -0.15) is 0 Å². The van der Waals surface area contributed by atoms with E-state index in [9.17, 15) is 4.79 Å². The Bertz CT molecular complexity index is 209. The highest BCUT2D eigenvalue weighted by Crippen LogP contribution is 2.34. The average molecular weight is 250 g/mol. The molecule has 5 heteroatoms. The predicted octanol–water partition coefficient (Wildman–Crippen LogP) is 0.603. The third kappa shape index (κ3) is 5.14. The van der Waals surface area contributed by atoms with Crippen molar-refractivity contribution in [3.05, 3.63) is 0 Å². The van der Waals surface area contributed by atoms with Crippen LogP contribution in [0.5, 0.6) is 0 Å². The summed E-state index contributed by atoms with van der Waals surface area (Å²) in [5.74, 6) is 0.831. The fourth-order valence-corrected chi connectivity index (χ4v) is 1.88. The number of hydrogen-bond donors (Lipinski definition) is 2. The van der Waals surface area contributed by atoms with Crippen LogP contribution >= 0.6 is 12.4 Å². The number of likely N-dealkylation sites (N-methyl/N-ethyl adjacent to an activating group) is 1. The van der Waals surface area contributed by atoms with E-state index >= 15 is 0 Å². The molecule has 1 unspecified atom stereocenters. The third-order valence-electron chi connectivity index (χ3n) is 2.94. The highest BCUT2D eigenvalue weighted by molar-refractivity contribution is 5.85. The maximum Gasteiger partial charge on any atom is 0.234 e. The normalized spacial score (nSPS) is 16.8. The average Bonchev–Trinajstić information content (AvgIpc) is 3.00. The molecule has 1 rings (SSSR count). The van der Waals surface area contributed by atoms with Crippen molar-refractivity contribution < 1.29 is 4.79 Å². The van der Waals surface area contributed by atoms with E-state index in [1.807, 2.05) is 7.05 Å². The highest BCUT2D eigenvalue weighted by atomic mass is 35.5. The quantitative estimate of drug-likeness (QED) is 0.695. The van der Waals surface area contributed by atoms with E-state index < -0.39 is 0 Å². The van der Waals surface area contributed by atoms with Crippen molar-refractivity contribution in [2.75, 3.05) is 26.7 Å². The van der Waals surface area contributed by atoms with Crippen LogP contribution in [0.1, 0.15) is 26.2 Å². The molecule has 16 heavy (non-hydrogen) atoms. The van der Waals surface area contributed by atoms with Gasteiger partial charge in [-0.05, 0) is 32.2 Å². The van der Waals surface area contributed by atoms with E-state index in [-0.39, 0.29) is 18.3 Å². The first-order valence-electron chi connectivity index (χ1n) is 5.86. The van der Waals surface area contributed by atoms with Gasteiger partial charge >= 0.3 is 0 Å². The summed E-state index contributed by atoms with van der Waals surface area (Å²) in [6, 6.07) is 0.386. The van der Waals surface area contributed by atoms with Crippen molar-refractivity contribution in [1.29, 1.82) is 0 Å². The number of nitrogens with two attached hydrogens (primary N) is 1. The maximum atomic E-state index is 11.5. The number of halogens is 1. The molecule has 3 N–H and O–H groups in total. The Kier molecular flexibility index (Phi) is 7.72. The van der Waals surface area contributed by atoms with E-state index in [0.29, 0.717) is 19.1 Å². The van der Waals surface area contributed by atoms with Crippen molar-refractivity contribution in [2.24, 2.45) is 11.7 Å². The molecule has 4 nitrogen and oxygen atoms in total. The first kappa shape index (κ1) is 15.7. The molecule has 1 fully saturated rings. The molecule has 0 spiro atoms. The molecular weight excluding hydrogens is 226 g/mol. The second kappa shape index (κ2) is 7.87. The van der Waals surface area contributed by atoms with Crippen LogP contribution in [0.15, 0.2) is 0 Å². The van der Waals surface area contributed by atoms with E-state index in [2.05, 4.69) is 17.1 Å². The van der Waals surface area contributed by atoms with Crippen LogP contribution < -0.4 is 11.1 Å². The fourth-order valence-electron chi connectivity index (χ4n) is 1.88. The number of amides is 1.